The number of carbonyl (C=O) groups is 1. The summed E-state index contributed by atoms with van der Waals surface area (Å²) in [4.78, 5) is 12.4. The topological polar surface area (TPSA) is 46.9 Å². The molecule has 0 bridgehead atoms. The molecule has 0 saturated heterocycles. The summed E-state index contributed by atoms with van der Waals surface area (Å²) in [5.41, 5.74) is 1.34. The van der Waals surface area contributed by atoms with Crippen molar-refractivity contribution < 1.29 is 9.18 Å². The van der Waals surface area contributed by atoms with Crippen LogP contribution < -0.4 is 5.32 Å². The normalized spacial score (nSPS) is 12.3. The highest BCUT2D eigenvalue weighted by Crippen LogP contribution is 2.28. The van der Waals surface area contributed by atoms with Gasteiger partial charge in [0, 0.05) is 11.5 Å². The molecule has 4 nitrogen and oxygen atoms in total. The van der Waals surface area contributed by atoms with Crippen LogP contribution in [0.4, 0.5) is 10.2 Å². The van der Waals surface area contributed by atoms with Gasteiger partial charge in [-0.15, -0.1) is 0 Å². The number of aromatic nitrogens is 2. The standard InChI is InChI=1S/C19H26FN3O/c1-18(2,3)15-12-16(23(22-15)19(4,5)6)21-17(24)11-13-7-9-14(20)10-8-13/h7-10,12H,11H2,1-6H3,(H,21,24). The van der Waals surface area contributed by atoms with E-state index in [1.807, 2.05) is 31.5 Å². The Hall–Kier alpha value is -2.17. The first-order valence-corrected chi connectivity index (χ1v) is 8.12. The lowest BCUT2D eigenvalue weighted by atomic mass is 9.92. The molecule has 0 aliphatic carbocycles. The maximum absolute atomic E-state index is 13.0. The molecule has 130 valence electrons. The molecule has 1 amide bonds. The van der Waals surface area contributed by atoms with Crippen LogP contribution in [-0.2, 0) is 22.2 Å². The summed E-state index contributed by atoms with van der Waals surface area (Å²) in [6.45, 7) is 12.4. The van der Waals surface area contributed by atoms with Gasteiger partial charge in [-0.2, -0.15) is 5.10 Å². The van der Waals surface area contributed by atoms with Gasteiger partial charge in [0.05, 0.1) is 17.7 Å². The first-order chi connectivity index (χ1) is 11.0. The minimum Gasteiger partial charge on any atom is -0.311 e. The zero-order valence-corrected chi connectivity index (χ0v) is 15.3. The van der Waals surface area contributed by atoms with Crippen molar-refractivity contribution in [3.05, 3.63) is 47.4 Å². The number of anilines is 1. The van der Waals surface area contributed by atoms with E-state index in [9.17, 15) is 9.18 Å². The monoisotopic (exact) mass is 331 g/mol. The molecule has 0 fully saturated rings. The highest BCUT2D eigenvalue weighted by Gasteiger charge is 2.25. The van der Waals surface area contributed by atoms with E-state index in [4.69, 9.17) is 0 Å². The lowest BCUT2D eigenvalue weighted by Crippen LogP contribution is -2.27. The lowest BCUT2D eigenvalue weighted by Gasteiger charge is -2.23. The van der Waals surface area contributed by atoms with E-state index in [-0.39, 0.29) is 29.1 Å². The van der Waals surface area contributed by atoms with Gasteiger partial charge >= 0.3 is 0 Å². The van der Waals surface area contributed by atoms with Gasteiger partial charge < -0.3 is 5.32 Å². The van der Waals surface area contributed by atoms with E-state index in [2.05, 4.69) is 31.2 Å². The third-order valence-electron chi connectivity index (χ3n) is 3.66. The fraction of sp³-hybridized carbons (Fsp3) is 0.474. The Morgan fingerprint density at radius 3 is 2.21 bits per heavy atom. The van der Waals surface area contributed by atoms with Crippen molar-refractivity contribution in [3.8, 4) is 0 Å². The summed E-state index contributed by atoms with van der Waals surface area (Å²) in [6, 6.07) is 7.89. The van der Waals surface area contributed by atoms with Gasteiger partial charge in [0.15, 0.2) is 0 Å². The molecule has 2 rings (SSSR count). The number of carbonyl (C=O) groups excluding carboxylic acids is 1. The molecule has 0 saturated carbocycles. The van der Waals surface area contributed by atoms with Crippen LogP contribution in [0.1, 0.15) is 52.8 Å². The Bertz CT molecular complexity index is 719. The Labute approximate surface area is 143 Å². The van der Waals surface area contributed by atoms with E-state index in [0.717, 1.165) is 11.3 Å². The van der Waals surface area contributed by atoms with Gasteiger partial charge in [-0.25, -0.2) is 9.07 Å². The molecule has 0 aliphatic heterocycles. The van der Waals surface area contributed by atoms with Crippen molar-refractivity contribution in [1.82, 2.24) is 9.78 Å². The predicted octanol–water partition coefficient (Wildman–Crippen LogP) is 4.26. The maximum Gasteiger partial charge on any atom is 0.229 e. The summed E-state index contributed by atoms with van der Waals surface area (Å²) in [6.07, 6.45) is 0.195. The van der Waals surface area contributed by atoms with Crippen LogP contribution in [0.3, 0.4) is 0 Å². The van der Waals surface area contributed by atoms with E-state index in [0.29, 0.717) is 5.82 Å². The molecule has 1 N–H and O–H groups in total. The summed E-state index contributed by atoms with van der Waals surface area (Å²) < 4.78 is 14.8. The highest BCUT2D eigenvalue weighted by atomic mass is 19.1. The zero-order chi connectivity index (χ0) is 18.1. The minimum absolute atomic E-state index is 0.104. The van der Waals surface area contributed by atoms with Crippen molar-refractivity contribution in [3.63, 3.8) is 0 Å². The molecule has 0 spiro atoms. The fourth-order valence-corrected chi connectivity index (χ4v) is 2.32. The molecule has 2 aromatic rings. The Morgan fingerprint density at radius 1 is 1.12 bits per heavy atom. The molecule has 5 heteroatoms. The summed E-state index contributed by atoms with van der Waals surface area (Å²) in [7, 11) is 0. The second kappa shape index (κ2) is 6.38. The second-order valence-electron chi connectivity index (χ2n) is 8.10. The van der Waals surface area contributed by atoms with Crippen molar-refractivity contribution in [1.29, 1.82) is 0 Å². The van der Waals surface area contributed by atoms with Crippen LogP contribution in [0, 0.1) is 5.82 Å². The first-order valence-electron chi connectivity index (χ1n) is 8.12. The van der Waals surface area contributed by atoms with Crippen molar-refractivity contribution in [2.75, 3.05) is 5.32 Å². The third kappa shape index (κ3) is 4.43. The van der Waals surface area contributed by atoms with Crippen LogP contribution in [0.5, 0.6) is 0 Å². The molecule has 24 heavy (non-hydrogen) atoms. The second-order valence-corrected chi connectivity index (χ2v) is 8.10. The number of nitrogens with one attached hydrogen (secondary N) is 1. The Kier molecular flexibility index (Phi) is 4.83. The summed E-state index contributed by atoms with van der Waals surface area (Å²) in [5.74, 6) is 0.229. The van der Waals surface area contributed by atoms with Gasteiger partial charge in [-0.3, -0.25) is 4.79 Å². The Balaban J connectivity index is 2.23. The zero-order valence-electron chi connectivity index (χ0n) is 15.3. The number of halogens is 1. The van der Waals surface area contributed by atoms with Gasteiger partial charge in [-0.1, -0.05) is 32.9 Å². The van der Waals surface area contributed by atoms with Crippen LogP contribution in [0.15, 0.2) is 30.3 Å². The molecule has 1 aromatic carbocycles. The average Bonchev–Trinajstić information content (AvgIpc) is 2.85. The van der Waals surface area contributed by atoms with E-state index < -0.39 is 0 Å². The number of amides is 1. The molecular formula is C19H26FN3O. The van der Waals surface area contributed by atoms with Crippen molar-refractivity contribution >= 4 is 11.7 Å². The smallest absolute Gasteiger partial charge is 0.229 e. The van der Waals surface area contributed by atoms with Crippen molar-refractivity contribution in [2.24, 2.45) is 0 Å². The molecule has 0 aliphatic rings. The molecule has 1 heterocycles. The molecule has 1 aromatic heterocycles. The number of rotatable bonds is 3. The van der Waals surface area contributed by atoms with Crippen LogP contribution in [0.25, 0.3) is 0 Å². The number of hydrogen-bond acceptors (Lipinski definition) is 2. The van der Waals surface area contributed by atoms with Gasteiger partial charge in [-0.05, 0) is 38.5 Å². The Morgan fingerprint density at radius 2 is 1.71 bits per heavy atom. The molecular weight excluding hydrogens is 305 g/mol. The van der Waals surface area contributed by atoms with Gasteiger partial charge in [0.1, 0.15) is 11.6 Å². The lowest BCUT2D eigenvalue weighted by molar-refractivity contribution is -0.115. The first kappa shape index (κ1) is 18.2. The van der Waals surface area contributed by atoms with E-state index in [1.165, 1.54) is 12.1 Å². The van der Waals surface area contributed by atoms with Crippen LogP contribution >= 0.6 is 0 Å². The molecule has 0 radical (unpaired) electrons. The van der Waals surface area contributed by atoms with Gasteiger partial charge in [0.25, 0.3) is 0 Å². The van der Waals surface area contributed by atoms with Crippen LogP contribution in [-0.4, -0.2) is 15.7 Å². The quantitative estimate of drug-likeness (QED) is 0.913. The molecule has 0 atom stereocenters. The number of hydrogen-bond donors (Lipinski definition) is 1. The minimum atomic E-state index is -0.306. The average molecular weight is 331 g/mol. The maximum atomic E-state index is 13.0. The largest absolute Gasteiger partial charge is 0.311 e. The number of nitrogens with zero attached hydrogens (tertiary/aromatic N) is 2. The predicted molar refractivity (Wildman–Crippen MR) is 94.7 cm³/mol. The fourth-order valence-electron chi connectivity index (χ4n) is 2.32. The summed E-state index contributed by atoms with van der Waals surface area (Å²) in [5, 5.41) is 7.62. The van der Waals surface area contributed by atoms with Crippen molar-refractivity contribution in [2.45, 2.75) is 58.9 Å². The van der Waals surface area contributed by atoms with E-state index in [1.54, 1.807) is 12.1 Å². The third-order valence-corrected chi connectivity index (χ3v) is 3.66. The molecule has 0 unspecified atom stereocenters. The van der Waals surface area contributed by atoms with Gasteiger partial charge in [0.2, 0.25) is 5.91 Å². The summed E-state index contributed by atoms with van der Waals surface area (Å²) >= 11 is 0. The SMILES string of the molecule is CC(C)(C)c1cc(NC(=O)Cc2ccc(F)cc2)n(C(C)(C)C)n1. The van der Waals surface area contributed by atoms with E-state index >= 15 is 0 Å². The number of benzene rings is 1. The highest BCUT2D eigenvalue weighted by molar-refractivity contribution is 5.91. The van der Waals surface area contributed by atoms with Crippen LogP contribution in [0.2, 0.25) is 0 Å².